The third-order valence-electron chi connectivity index (χ3n) is 5.58. The van der Waals surface area contributed by atoms with Crippen LogP contribution in [0.25, 0.3) is 10.1 Å². The van der Waals surface area contributed by atoms with Gasteiger partial charge in [0.15, 0.2) is 0 Å². The number of likely N-dealkylation sites (tertiary alicyclic amines) is 1. The van der Waals surface area contributed by atoms with Crippen molar-refractivity contribution in [2.24, 2.45) is 5.92 Å². The lowest BCUT2D eigenvalue weighted by Gasteiger charge is -2.38. The molecule has 4 rings (SSSR count). The molecule has 1 aromatic carbocycles. The fourth-order valence-electron chi connectivity index (χ4n) is 3.72. The number of piperidine rings is 1. The number of carbonyl (C=O) groups excluding carboxylic acids is 1. The SMILES string of the molecule is CC1CCN(CN2CCN(S(=O)(=O)c3cc4ccc(Cl)cc4s3)CC2=O)CC1. The van der Waals surface area contributed by atoms with Crippen LogP contribution in [0.4, 0.5) is 0 Å². The minimum atomic E-state index is -3.69. The summed E-state index contributed by atoms with van der Waals surface area (Å²) < 4.78 is 28.5. The van der Waals surface area contributed by atoms with Gasteiger partial charge in [-0.25, -0.2) is 8.42 Å². The van der Waals surface area contributed by atoms with Crippen LogP contribution in [0.3, 0.4) is 0 Å². The summed E-state index contributed by atoms with van der Waals surface area (Å²) >= 11 is 7.20. The van der Waals surface area contributed by atoms with Crippen LogP contribution in [-0.4, -0.2) is 67.8 Å². The molecular formula is C19H24ClN3O3S2. The minimum Gasteiger partial charge on any atom is -0.327 e. The number of amides is 1. The van der Waals surface area contributed by atoms with E-state index in [1.54, 1.807) is 23.1 Å². The average molecular weight is 442 g/mol. The lowest BCUT2D eigenvalue weighted by atomic mass is 10.00. The predicted octanol–water partition coefficient (Wildman–Crippen LogP) is 3.08. The first-order valence-corrected chi connectivity index (χ1v) is 12.2. The smallest absolute Gasteiger partial charge is 0.253 e. The van der Waals surface area contributed by atoms with Gasteiger partial charge >= 0.3 is 0 Å². The van der Waals surface area contributed by atoms with Crippen LogP contribution in [0.2, 0.25) is 5.02 Å². The summed E-state index contributed by atoms with van der Waals surface area (Å²) in [6.45, 7) is 5.51. The molecule has 2 fully saturated rings. The summed E-state index contributed by atoms with van der Waals surface area (Å²) in [7, 11) is -3.69. The van der Waals surface area contributed by atoms with Crippen LogP contribution in [0.1, 0.15) is 19.8 Å². The van der Waals surface area contributed by atoms with Gasteiger partial charge in [0.05, 0.1) is 13.2 Å². The number of fused-ring (bicyclic) bond motifs is 1. The standard InChI is InChI=1S/C19H24ClN3O3S2/c1-14-4-6-21(7-5-14)13-22-8-9-23(12-18(22)24)28(25,26)19-10-15-2-3-16(20)11-17(15)27-19/h2-3,10-11,14H,4-9,12-13H2,1H3. The van der Waals surface area contributed by atoms with Crippen molar-refractivity contribution in [2.45, 2.75) is 24.0 Å². The maximum absolute atomic E-state index is 13.0. The van der Waals surface area contributed by atoms with Crippen LogP contribution >= 0.6 is 22.9 Å². The van der Waals surface area contributed by atoms with Crippen molar-refractivity contribution >= 4 is 49.0 Å². The van der Waals surface area contributed by atoms with Crippen LogP contribution in [0.15, 0.2) is 28.5 Å². The molecule has 1 aromatic heterocycles. The zero-order valence-corrected chi connectivity index (χ0v) is 18.2. The van der Waals surface area contributed by atoms with E-state index in [-0.39, 0.29) is 16.7 Å². The summed E-state index contributed by atoms with van der Waals surface area (Å²) in [5.41, 5.74) is 0. The van der Waals surface area contributed by atoms with Gasteiger partial charge in [-0.3, -0.25) is 9.69 Å². The van der Waals surface area contributed by atoms with Crippen LogP contribution in [0.5, 0.6) is 0 Å². The first-order chi connectivity index (χ1) is 13.3. The van der Waals surface area contributed by atoms with E-state index in [0.717, 1.165) is 41.9 Å². The van der Waals surface area contributed by atoms with Gasteiger partial charge in [-0.2, -0.15) is 4.31 Å². The lowest BCUT2D eigenvalue weighted by Crippen LogP contribution is -2.55. The second-order valence-electron chi connectivity index (χ2n) is 7.69. The average Bonchev–Trinajstić information content (AvgIpc) is 3.09. The number of thiophene rings is 1. The molecule has 0 aliphatic carbocycles. The van der Waals surface area contributed by atoms with E-state index in [9.17, 15) is 13.2 Å². The summed E-state index contributed by atoms with van der Waals surface area (Å²) in [6, 6.07) is 6.99. The normalized spacial score (nSPS) is 20.9. The molecule has 2 saturated heterocycles. The number of carbonyl (C=O) groups is 1. The van der Waals surface area contributed by atoms with E-state index in [2.05, 4.69) is 11.8 Å². The van der Waals surface area contributed by atoms with E-state index in [1.807, 2.05) is 6.07 Å². The summed E-state index contributed by atoms with van der Waals surface area (Å²) in [6.07, 6.45) is 2.30. The number of sulfonamides is 1. The molecule has 2 aromatic rings. The Balaban J connectivity index is 1.44. The fourth-order valence-corrected chi connectivity index (χ4v) is 6.93. The third-order valence-corrected chi connectivity index (χ3v) is 9.21. The highest BCUT2D eigenvalue weighted by atomic mass is 35.5. The van der Waals surface area contributed by atoms with E-state index in [1.165, 1.54) is 15.6 Å². The van der Waals surface area contributed by atoms with Crippen LogP contribution in [0, 0.1) is 5.92 Å². The molecule has 0 spiro atoms. The van der Waals surface area contributed by atoms with Crippen molar-refractivity contribution in [1.82, 2.24) is 14.1 Å². The van der Waals surface area contributed by atoms with Gasteiger partial charge in [0.25, 0.3) is 10.0 Å². The highest BCUT2D eigenvalue weighted by Crippen LogP contribution is 2.33. The zero-order chi connectivity index (χ0) is 19.9. The van der Waals surface area contributed by atoms with Crippen molar-refractivity contribution in [3.8, 4) is 0 Å². The topological polar surface area (TPSA) is 60.9 Å². The Kier molecular flexibility index (Phi) is 5.68. The number of hydrogen-bond donors (Lipinski definition) is 0. The zero-order valence-electron chi connectivity index (χ0n) is 15.8. The molecular weight excluding hydrogens is 418 g/mol. The molecule has 3 heterocycles. The molecule has 0 atom stereocenters. The summed E-state index contributed by atoms with van der Waals surface area (Å²) in [4.78, 5) is 16.7. The van der Waals surface area contributed by atoms with Crippen molar-refractivity contribution in [3.05, 3.63) is 29.3 Å². The highest BCUT2D eigenvalue weighted by Gasteiger charge is 2.34. The Labute approximate surface area is 174 Å². The Morgan fingerprint density at radius 1 is 1.14 bits per heavy atom. The second kappa shape index (κ2) is 7.91. The number of benzene rings is 1. The Bertz CT molecular complexity index is 983. The van der Waals surface area contributed by atoms with E-state index < -0.39 is 10.0 Å². The van der Waals surface area contributed by atoms with Gasteiger partial charge in [0.2, 0.25) is 5.91 Å². The quantitative estimate of drug-likeness (QED) is 0.731. The third kappa shape index (κ3) is 4.07. The van der Waals surface area contributed by atoms with Crippen LogP contribution in [-0.2, 0) is 14.8 Å². The Hall–Kier alpha value is -1.19. The monoisotopic (exact) mass is 441 g/mol. The molecule has 0 radical (unpaired) electrons. The van der Waals surface area contributed by atoms with Crippen LogP contribution < -0.4 is 0 Å². The predicted molar refractivity (Wildman–Crippen MR) is 112 cm³/mol. The van der Waals surface area contributed by atoms with E-state index in [0.29, 0.717) is 24.8 Å². The lowest BCUT2D eigenvalue weighted by molar-refractivity contribution is -0.136. The number of nitrogens with zero attached hydrogens (tertiary/aromatic N) is 3. The number of piperazine rings is 1. The maximum Gasteiger partial charge on any atom is 0.253 e. The maximum atomic E-state index is 13.0. The number of hydrogen-bond acceptors (Lipinski definition) is 5. The van der Waals surface area contributed by atoms with Gasteiger partial charge in [-0.1, -0.05) is 24.6 Å². The largest absolute Gasteiger partial charge is 0.327 e. The van der Waals surface area contributed by atoms with Gasteiger partial charge in [-0.15, -0.1) is 11.3 Å². The minimum absolute atomic E-state index is 0.0957. The molecule has 152 valence electrons. The first-order valence-electron chi connectivity index (χ1n) is 9.52. The van der Waals surface area contributed by atoms with Gasteiger partial charge in [-0.05, 0) is 42.3 Å². The molecule has 1 amide bonds. The van der Waals surface area contributed by atoms with Crippen molar-refractivity contribution in [2.75, 3.05) is 39.4 Å². The van der Waals surface area contributed by atoms with E-state index in [4.69, 9.17) is 11.6 Å². The molecule has 0 N–H and O–H groups in total. The first kappa shape index (κ1) is 20.1. The number of halogens is 1. The molecule has 2 aliphatic rings. The molecule has 0 bridgehead atoms. The summed E-state index contributed by atoms with van der Waals surface area (Å²) in [5.74, 6) is 0.614. The molecule has 28 heavy (non-hydrogen) atoms. The number of rotatable bonds is 4. The molecule has 0 unspecified atom stereocenters. The Morgan fingerprint density at radius 3 is 2.61 bits per heavy atom. The fraction of sp³-hybridized carbons (Fsp3) is 0.526. The second-order valence-corrected chi connectivity index (χ2v) is 11.4. The van der Waals surface area contributed by atoms with Gasteiger partial charge < -0.3 is 4.90 Å². The molecule has 0 saturated carbocycles. The van der Waals surface area contributed by atoms with Gasteiger partial charge in [0.1, 0.15) is 4.21 Å². The molecule has 6 nitrogen and oxygen atoms in total. The van der Waals surface area contributed by atoms with Crippen molar-refractivity contribution in [1.29, 1.82) is 0 Å². The van der Waals surface area contributed by atoms with Gasteiger partial charge in [0, 0.05) is 35.9 Å². The van der Waals surface area contributed by atoms with E-state index >= 15 is 0 Å². The Morgan fingerprint density at radius 2 is 1.89 bits per heavy atom. The van der Waals surface area contributed by atoms with Crippen molar-refractivity contribution in [3.63, 3.8) is 0 Å². The molecule has 9 heteroatoms. The summed E-state index contributed by atoms with van der Waals surface area (Å²) in [5, 5.41) is 1.42. The highest BCUT2D eigenvalue weighted by molar-refractivity contribution is 7.91. The molecule has 2 aliphatic heterocycles. The van der Waals surface area contributed by atoms with Crippen molar-refractivity contribution < 1.29 is 13.2 Å².